The fourth-order valence-electron chi connectivity index (χ4n) is 7.27. The molecule has 7 heteroatoms. The Morgan fingerprint density at radius 2 is 0.855 bits per heavy atom. The number of nitriles is 3. The molecule has 0 radical (unpaired) electrons. The molecule has 0 N–H and O–H groups in total. The fourth-order valence-corrected chi connectivity index (χ4v) is 7.27. The molecule has 9 aromatic rings. The maximum absolute atomic E-state index is 10.5. The van der Waals surface area contributed by atoms with Crippen LogP contribution in [0.25, 0.3) is 83.9 Å². The largest absolute Gasteiger partial charge is 0.308 e. The van der Waals surface area contributed by atoms with E-state index in [1.54, 1.807) is 0 Å². The van der Waals surface area contributed by atoms with Crippen LogP contribution in [0.3, 0.4) is 0 Å². The topological polar surface area (TPSA) is 115 Å². The van der Waals surface area contributed by atoms with Crippen molar-refractivity contribution >= 4 is 21.8 Å². The van der Waals surface area contributed by atoms with Gasteiger partial charge in [0.1, 0.15) is 0 Å². The van der Waals surface area contributed by atoms with E-state index in [1.807, 2.05) is 152 Å². The number of nitrogens with zero attached hydrogens (tertiary/aromatic N) is 7. The summed E-state index contributed by atoms with van der Waals surface area (Å²) in [6, 6.07) is 59.7. The van der Waals surface area contributed by atoms with E-state index in [-0.39, 0.29) is 0 Å². The van der Waals surface area contributed by atoms with E-state index in [2.05, 4.69) is 34.9 Å². The molecule has 0 fully saturated rings. The summed E-state index contributed by atoms with van der Waals surface area (Å²) in [5.41, 5.74) is 9.33. The first-order valence-corrected chi connectivity index (χ1v) is 17.6. The van der Waals surface area contributed by atoms with E-state index in [0.29, 0.717) is 50.9 Å². The zero-order valence-electron chi connectivity index (χ0n) is 29.2. The van der Waals surface area contributed by atoms with Gasteiger partial charge in [0.25, 0.3) is 0 Å². The highest BCUT2D eigenvalue weighted by Crippen LogP contribution is 2.45. The average Bonchev–Trinajstić information content (AvgIpc) is 3.59. The number of rotatable bonds is 6. The smallest absolute Gasteiger partial charge is 0.164 e. The van der Waals surface area contributed by atoms with E-state index in [4.69, 9.17) is 15.0 Å². The molecule has 0 saturated carbocycles. The van der Waals surface area contributed by atoms with E-state index >= 15 is 0 Å². The summed E-state index contributed by atoms with van der Waals surface area (Å²) >= 11 is 0. The predicted molar refractivity (Wildman–Crippen MR) is 215 cm³/mol. The molecule has 0 bridgehead atoms. The third kappa shape index (κ3) is 5.74. The third-order valence-electron chi connectivity index (χ3n) is 9.77. The Balaban J connectivity index is 1.46. The Morgan fingerprint density at radius 1 is 0.382 bits per heavy atom. The van der Waals surface area contributed by atoms with Crippen LogP contribution in [0.5, 0.6) is 0 Å². The van der Waals surface area contributed by atoms with Gasteiger partial charge in [0.15, 0.2) is 17.5 Å². The van der Waals surface area contributed by atoms with Gasteiger partial charge < -0.3 is 4.57 Å². The van der Waals surface area contributed by atoms with Crippen molar-refractivity contribution in [1.29, 1.82) is 15.8 Å². The SMILES string of the molecule is N#Cc1ccc2c(c1)c1ccccc1n2-c1c(-c2ccccc2C#N)cc(-c2nc(-c3ccccc3)nc(-c3ccccc3)n2)cc1-c1ccccc1C#N. The quantitative estimate of drug-likeness (QED) is 0.170. The molecule has 0 atom stereocenters. The first-order valence-electron chi connectivity index (χ1n) is 17.6. The summed E-state index contributed by atoms with van der Waals surface area (Å²) in [4.78, 5) is 15.1. The van der Waals surface area contributed by atoms with Crippen LogP contribution in [0.4, 0.5) is 0 Å². The van der Waals surface area contributed by atoms with E-state index in [0.717, 1.165) is 49.7 Å². The molecule has 0 aliphatic rings. The first-order chi connectivity index (χ1) is 27.1. The Bertz CT molecular complexity index is 2930. The van der Waals surface area contributed by atoms with Gasteiger partial charge in [-0.2, -0.15) is 15.8 Å². The number of benzene rings is 7. The molecule has 7 nitrogen and oxygen atoms in total. The van der Waals surface area contributed by atoms with Crippen molar-refractivity contribution in [2.75, 3.05) is 0 Å². The second-order valence-electron chi connectivity index (χ2n) is 13.0. The predicted octanol–water partition coefficient (Wildman–Crippen LogP) is 10.9. The van der Waals surface area contributed by atoms with Crippen LogP contribution in [0.1, 0.15) is 16.7 Å². The minimum atomic E-state index is 0.437. The van der Waals surface area contributed by atoms with Gasteiger partial charge in [0.2, 0.25) is 0 Å². The van der Waals surface area contributed by atoms with Crippen LogP contribution < -0.4 is 0 Å². The summed E-state index contributed by atoms with van der Waals surface area (Å²) < 4.78 is 2.18. The van der Waals surface area contributed by atoms with Gasteiger partial charge in [-0.3, -0.25) is 0 Å². The van der Waals surface area contributed by atoms with Crippen LogP contribution in [-0.4, -0.2) is 19.5 Å². The molecular weight excluding hydrogens is 675 g/mol. The molecule has 0 unspecified atom stereocenters. The summed E-state index contributed by atoms with van der Waals surface area (Å²) in [5, 5.41) is 32.8. The van der Waals surface area contributed by atoms with E-state index in [1.165, 1.54) is 0 Å². The third-order valence-corrected chi connectivity index (χ3v) is 9.77. The van der Waals surface area contributed by atoms with Crippen LogP contribution >= 0.6 is 0 Å². The molecule has 254 valence electrons. The highest BCUT2D eigenvalue weighted by molar-refractivity contribution is 6.11. The highest BCUT2D eigenvalue weighted by atomic mass is 15.0. The van der Waals surface area contributed by atoms with Crippen molar-refractivity contribution in [1.82, 2.24) is 19.5 Å². The molecule has 7 aromatic carbocycles. The standard InChI is InChI=1S/C48H27N7/c49-28-31-23-24-44-40(25-31)39-21-11-12-22-43(39)55(44)45-41(37-19-9-7-17-34(37)29-50)26-36(27-42(45)38-20-10-8-18-35(38)30-51)48-53-46(32-13-3-1-4-14-32)52-47(54-48)33-15-5-2-6-16-33/h1-27H. The molecule has 55 heavy (non-hydrogen) atoms. The second-order valence-corrected chi connectivity index (χ2v) is 13.0. The highest BCUT2D eigenvalue weighted by Gasteiger charge is 2.25. The lowest BCUT2D eigenvalue weighted by Crippen LogP contribution is -2.05. The first kappa shape index (κ1) is 32.7. The molecule has 2 heterocycles. The molecular formula is C48H27N7. The van der Waals surface area contributed by atoms with E-state index in [9.17, 15) is 15.8 Å². The minimum absolute atomic E-state index is 0.437. The van der Waals surface area contributed by atoms with Crippen LogP contribution in [0.2, 0.25) is 0 Å². The molecule has 9 rings (SSSR count). The van der Waals surface area contributed by atoms with Gasteiger partial charge in [-0.05, 0) is 48.5 Å². The molecule has 0 aliphatic heterocycles. The van der Waals surface area contributed by atoms with Crippen molar-refractivity contribution < 1.29 is 0 Å². The summed E-state index contributed by atoms with van der Waals surface area (Å²) in [7, 11) is 0. The lowest BCUT2D eigenvalue weighted by Gasteiger charge is -2.22. The Kier molecular flexibility index (Phi) is 8.18. The van der Waals surface area contributed by atoms with Crippen molar-refractivity contribution in [2.24, 2.45) is 0 Å². The molecule has 0 saturated heterocycles. The Labute approximate surface area is 316 Å². The maximum atomic E-state index is 10.5. The van der Waals surface area contributed by atoms with Crippen molar-refractivity contribution in [3.8, 4) is 80.3 Å². The zero-order chi connectivity index (χ0) is 37.3. The molecule has 0 spiro atoms. The van der Waals surface area contributed by atoms with Gasteiger partial charge in [0, 0.05) is 49.7 Å². The Morgan fingerprint density at radius 3 is 1.40 bits per heavy atom. The van der Waals surface area contributed by atoms with Gasteiger partial charge in [-0.15, -0.1) is 0 Å². The number of hydrogen-bond donors (Lipinski definition) is 0. The average molecular weight is 702 g/mol. The van der Waals surface area contributed by atoms with Crippen LogP contribution in [0.15, 0.2) is 164 Å². The summed E-state index contributed by atoms with van der Waals surface area (Å²) in [6.07, 6.45) is 0. The summed E-state index contributed by atoms with van der Waals surface area (Å²) in [6.45, 7) is 0. The fraction of sp³-hybridized carbons (Fsp3) is 0. The van der Waals surface area contributed by atoms with Gasteiger partial charge in [-0.25, -0.2) is 15.0 Å². The number of aromatic nitrogens is 4. The maximum Gasteiger partial charge on any atom is 0.164 e. The van der Waals surface area contributed by atoms with Crippen LogP contribution in [-0.2, 0) is 0 Å². The molecule has 2 aromatic heterocycles. The second kappa shape index (κ2) is 13.7. The van der Waals surface area contributed by atoms with Crippen molar-refractivity contribution in [2.45, 2.75) is 0 Å². The van der Waals surface area contributed by atoms with Gasteiger partial charge >= 0.3 is 0 Å². The Hall–Kier alpha value is -8.18. The number of para-hydroxylation sites is 1. The lowest BCUT2D eigenvalue weighted by atomic mass is 9.89. The minimum Gasteiger partial charge on any atom is -0.308 e. The van der Waals surface area contributed by atoms with Gasteiger partial charge in [-0.1, -0.05) is 115 Å². The monoisotopic (exact) mass is 701 g/mol. The molecule has 0 aliphatic carbocycles. The van der Waals surface area contributed by atoms with Gasteiger partial charge in [0.05, 0.1) is 51.6 Å². The zero-order valence-corrected chi connectivity index (χ0v) is 29.2. The van der Waals surface area contributed by atoms with E-state index < -0.39 is 0 Å². The lowest BCUT2D eigenvalue weighted by molar-refractivity contribution is 1.07. The summed E-state index contributed by atoms with van der Waals surface area (Å²) in [5.74, 6) is 1.47. The van der Waals surface area contributed by atoms with Crippen LogP contribution in [0, 0.1) is 34.0 Å². The van der Waals surface area contributed by atoms with Crippen molar-refractivity contribution in [3.63, 3.8) is 0 Å². The number of fused-ring (bicyclic) bond motifs is 3. The molecule has 0 amide bonds. The normalized spacial score (nSPS) is 10.9. The van der Waals surface area contributed by atoms with Crippen molar-refractivity contribution in [3.05, 3.63) is 180 Å². The number of hydrogen-bond acceptors (Lipinski definition) is 6.